The molecular weight excluding hydrogens is 467 g/mol. The molecule has 0 heterocycles. The van der Waals surface area contributed by atoms with Crippen molar-refractivity contribution >= 4 is 26.2 Å². The van der Waals surface area contributed by atoms with Crippen LogP contribution in [-0.4, -0.2) is 40.3 Å². The quantitative estimate of drug-likeness (QED) is 0.0696. The third kappa shape index (κ3) is 16.5. The van der Waals surface area contributed by atoms with Crippen LogP contribution in [0.3, 0.4) is 0 Å². The predicted octanol–water partition coefficient (Wildman–Crippen LogP) is 9.23. The molecule has 0 aromatic rings. The molecule has 3 unspecified atom stereocenters. The summed E-state index contributed by atoms with van der Waals surface area (Å²) >= 11 is 1.88. The highest BCUT2D eigenvalue weighted by Crippen LogP contribution is 2.33. The molecule has 0 spiro atoms. The number of thioether (sulfide) groups is 1. The highest BCUT2D eigenvalue weighted by atomic mass is 32.2. The van der Waals surface area contributed by atoms with Crippen LogP contribution in [0.15, 0.2) is 0 Å². The maximum atomic E-state index is 11.9. The fourth-order valence-corrected chi connectivity index (χ4v) is 5.79. The Morgan fingerprint density at radius 2 is 1.32 bits per heavy atom. The van der Waals surface area contributed by atoms with Crippen LogP contribution in [-0.2, 0) is 18.8 Å². The number of carbonyl (C=O) groups is 1. The molecule has 202 valence electrons. The fraction of sp³-hybridized carbons (Fsp3) is 0.963. The molecule has 0 amide bonds. The molecule has 0 aliphatic rings. The lowest BCUT2D eigenvalue weighted by Gasteiger charge is -2.31. The molecule has 0 fully saturated rings. The zero-order valence-electron chi connectivity index (χ0n) is 22.5. The maximum Gasteiger partial charge on any atom is 0.377 e. The Kier molecular flexibility index (Phi) is 23.1. The van der Waals surface area contributed by atoms with Crippen LogP contribution in [0.1, 0.15) is 137 Å². The van der Waals surface area contributed by atoms with Gasteiger partial charge in [-0.3, -0.25) is 4.57 Å². The summed E-state index contributed by atoms with van der Waals surface area (Å²) < 4.78 is 23.1. The van der Waals surface area contributed by atoms with Crippen LogP contribution in [0.4, 0.5) is 0 Å². The molecule has 0 radical (unpaired) electrons. The lowest BCUT2D eigenvalue weighted by atomic mass is 10.1. The van der Waals surface area contributed by atoms with Crippen LogP contribution in [0.25, 0.3) is 0 Å². The second-order valence-corrected chi connectivity index (χ2v) is 11.6. The average Bonchev–Trinajstić information content (AvgIpc) is 2.83. The van der Waals surface area contributed by atoms with Crippen molar-refractivity contribution in [1.29, 1.82) is 0 Å². The minimum Gasteiger partial charge on any atom is -0.477 e. The predicted molar refractivity (Wildman–Crippen MR) is 146 cm³/mol. The Bertz CT molecular complexity index is 494. The first kappa shape index (κ1) is 33.8. The highest BCUT2D eigenvalue weighted by Gasteiger charge is 2.45. The van der Waals surface area contributed by atoms with Crippen molar-refractivity contribution in [3.05, 3.63) is 0 Å². The van der Waals surface area contributed by atoms with Gasteiger partial charge in [-0.2, -0.15) is 11.8 Å². The summed E-state index contributed by atoms with van der Waals surface area (Å²) in [6.07, 6.45) is 20.4. The van der Waals surface area contributed by atoms with E-state index in [9.17, 15) is 14.5 Å². The number of rotatable bonds is 26. The standard InChI is InChI=1S/C27H53O5PS/c1-5-8-10-12-14-15-16-18-20-23-34-25(21-19-17-13-11-9-6-2)24(4)32-27(33-30,26(28)29)31-22-7-3/h24-25H,5-23H2,1-4H3,(H,28,29). The molecule has 0 saturated carbocycles. The van der Waals surface area contributed by atoms with E-state index in [0.717, 1.165) is 18.6 Å². The van der Waals surface area contributed by atoms with Gasteiger partial charge in [0.15, 0.2) is 0 Å². The fourth-order valence-electron chi connectivity index (χ4n) is 4.03. The van der Waals surface area contributed by atoms with E-state index in [2.05, 4.69) is 13.8 Å². The van der Waals surface area contributed by atoms with Crippen LogP contribution < -0.4 is 0 Å². The number of ether oxygens (including phenoxy) is 2. The van der Waals surface area contributed by atoms with Crippen LogP contribution in [0.5, 0.6) is 0 Å². The Morgan fingerprint density at radius 3 is 1.79 bits per heavy atom. The van der Waals surface area contributed by atoms with Crippen LogP contribution in [0, 0.1) is 0 Å². The van der Waals surface area contributed by atoms with Gasteiger partial charge in [0.1, 0.15) is 0 Å². The van der Waals surface area contributed by atoms with Crippen molar-refractivity contribution in [3.63, 3.8) is 0 Å². The largest absolute Gasteiger partial charge is 0.477 e. The molecule has 0 aromatic carbocycles. The van der Waals surface area contributed by atoms with E-state index >= 15 is 0 Å². The van der Waals surface area contributed by atoms with Crippen molar-refractivity contribution in [1.82, 2.24) is 0 Å². The number of aliphatic carboxylic acids is 1. The summed E-state index contributed by atoms with van der Waals surface area (Å²) in [5.74, 6) is -0.277. The van der Waals surface area contributed by atoms with E-state index in [-0.39, 0.29) is 18.0 Å². The van der Waals surface area contributed by atoms with E-state index in [4.69, 9.17) is 9.47 Å². The number of unbranched alkanes of at least 4 members (excludes halogenated alkanes) is 13. The number of hydrogen-bond donors (Lipinski definition) is 1. The minimum atomic E-state index is -2.10. The molecule has 0 bridgehead atoms. The third-order valence-electron chi connectivity index (χ3n) is 6.18. The summed E-state index contributed by atoms with van der Waals surface area (Å²) in [7, 11) is -0.658. The lowest BCUT2D eigenvalue weighted by Crippen LogP contribution is -2.44. The summed E-state index contributed by atoms with van der Waals surface area (Å²) in [5, 5.41) is 9.85. The molecule has 1 N–H and O–H groups in total. The average molecular weight is 521 g/mol. The highest BCUT2D eigenvalue weighted by molar-refractivity contribution is 7.99. The number of carboxylic acid groups (broad SMARTS) is 1. The van der Waals surface area contributed by atoms with Gasteiger partial charge in [-0.05, 0) is 31.9 Å². The first-order valence-electron chi connectivity index (χ1n) is 14.0. The molecule has 3 atom stereocenters. The van der Waals surface area contributed by atoms with Gasteiger partial charge in [0.2, 0.25) is 8.46 Å². The molecule has 0 aliphatic carbocycles. The van der Waals surface area contributed by atoms with E-state index in [1.807, 2.05) is 25.6 Å². The maximum absolute atomic E-state index is 11.9. The van der Waals surface area contributed by atoms with E-state index < -0.39 is 20.0 Å². The normalized spacial score (nSPS) is 15.3. The van der Waals surface area contributed by atoms with Gasteiger partial charge in [0.05, 0.1) is 12.7 Å². The van der Waals surface area contributed by atoms with Gasteiger partial charge in [-0.25, -0.2) is 4.79 Å². The summed E-state index contributed by atoms with van der Waals surface area (Å²) in [5.41, 5.74) is -2.10. The van der Waals surface area contributed by atoms with Crippen LogP contribution in [0.2, 0.25) is 0 Å². The first-order valence-corrected chi connectivity index (χ1v) is 15.8. The molecule has 0 rings (SSSR count). The smallest absolute Gasteiger partial charge is 0.377 e. The number of carboxylic acids is 1. The summed E-state index contributed by atoms with van der Waals surface area (Å²) in [6.45, 7) is 8.47. The Labute approximate surface area is 216 Å². The third-order valence-corrected chi connectivity index (χ3v) is 8.42. The summed E-state index contributed by atoms with van der Waals surface area (Å²) in [4.78, 5) is 11.9. The SMILES string of the molecule is CCCCCCCCCCCSC(CCCCCCCC)C(C)OC(OCCC)(P=O)C(=O)O. The van der Waals surface area contributed by atoms with Crippen molar-refractivity contribution < 1.29 is 23.9 Å². The van der Waals surface area contributed by atoms with Crippen LogP contribution >= 0.6 is 20.2 Å². The Hall–Kier alpha value is -0.160. The molecule has 34 heavy (non-hydrogen) atoms. The van der Waals surface area contributed by atoms with Gasteiger partial charge >= 0.3 is 11.5 Å². The van der Waals surface area contributed by atoms with Crippen molar-refractivity contribution in [2.24, 2.45) is 0 Å². The van der Waals surface area contributed by atoms with E-state index in [1.165, 1.54) is 89.9 Å². The molecule has 0 aromatic heterocycles. The van der Waals surface area contributed by atoms with E-state index in [0.29, 0.717) is 6.42 Å². The summed E-state index contributed by atoms with van der Waals surface area (Å²) in [6, 6.07) is 0. The lowest BCUT2D eigenvalue weighted by molar-refractivity contribution is -0.217. The second kappa shape index (κ2) is 23.3. The second-order valence-electron chi connectivity index (χ2n) is 9.44. The molecule has 5 nitrogen and oxygen atoms in total. The van der Waals surface area contributed by atoms with E-state index in [1.54, 1.807) is 0 Å². The van der Waals surface area contributed by atoms with Crippen molar-refractivity contribution in [2.75, 3.05) is 12.4 Å². The van der Waals surface area contributed by atoms with Gasteiger partial charge in [0.25, 0.3) is 0 Å². The van der Waals surface area contributed by atoms with Gasteiger partial charge in [-0.1, -0.05) is 111 Å². The molecule has 0 saturated heterocycles. The number of hydrogen-bond acceptors (Lipinski definition) is 5. The van der Waals surface area contributed by atoms with Crippen molar-refractivity contribution in [3.8, 4) is 0 Å². The Balaban J connectivity index is 4.65. The van der Waals surface area contributed by atoms with Gasteiger partial charge in [-0.15, -0.1) is 0 Å². The van der Waals surface area contributed by atoms with Gasteiger partial charge in [0, 0.05) is 5.25 Å². The van der Waals surface area contributed by atoms with Crippen molar-refractivity contribution in [2.45, 2.75) is 154 Å². The van der Waals surface area contributed by atoms with Gasteiger partial charge < -0.3 is 14.6 Å². The molecule has 7 heteroatoms. The molecule has 0 aliphatic heterocycles. The zero-order chi connectivity index (χ0) is 25.5. The minimum absolute atomic E-state index is 0.172. The monoisotopic (exact) mass is 520 g/mol. The topological polar surface area (TPSA) is 72.8 Å². The molecular formula is C27H53O5PS. The first-order chi connectivity index (χ1) is 16.5. The zero-order valence-corrected chi connectivity index (χ0v) is 24.2. The Morgan fingerprint density at radius 1 is 0.824 bits per heavy atom.